The van der Waals surface area contributed by atoms with Gasteiger partial charge < -0.3 is 9.64 Å². The number of hydrogen-bond donors (Lipinski definition) is 0. The fourth-order valence-corrected chi connectivity index (χ4v) is 6.52. The number of halogens is 1. The van der Waals surface area contributed by atoms with Crippen LogP contribution in [0, 0.1) is 0 Å². The van der Waals surface area contributed by atoms with Crippen LogP contribution in [0.15, 0.2) is 53.0 Å². The van der Waals surface area contributed by atoms with Crippen molar-refractivity contribution in [1.29, 1.82) is 0 Å². The lowest BCUT2D eigenvalue weighted by Gasteiger charge is -2.17. The van der Waals surface area contributed by atoms with Crippen molar-refractivity contribution in [3.05, 3.63) is 67.8 Å². The summed E-state index contributed by atoms with van der Waals surface area (Å²) in [5, 5.41) is 3.41. The smallest absolute Gasteiger partial charge is 0.0779 e. The number of benzene rings is 1. The number of ether oxygens (including phenoxy) is 1. The van der Waals surface area contributed by atoms with Crippen LogP contribution >= 0.6 is 34.7 Å². The van der Waals surface area contributed by atoms with Crippen molar-refractivity contribution in [3.8, 4) is 0 Å². The van der Waals surface area contributed by atoms with E-state index in [0.29, 0.717) is 6.61 Å². The predicted molar refractivity (Wildman–Crippen MR) is 123 cm³/mol. The van der Waals surface area contributed by atoms with Gasteiger partial charge in [0.15, 0.2) is 0 Å². The van der Waals surface area contributed by atoms with Crippen LogP contribution in [0.25, 0.3) is 21.1 Å². The largest absolute Gasteiger partial charge is 0.375 e. The van der Waals surface area contributed by atoms with Gasteiger partial charge in [0.1, 0.15) is 0 Å². The molecule has 0 unspecified atom stereocenters. The Kier molecular flexibility index (Phi) is 5.49. The maximum atomic E-state index is 6.22. The highest BCUT2D eigenvalue weighted by Crippen LogP contribution is 2.37. The van der Waals surface area contributed by atoms with Crippen LogP contribution < -0.4 is 9.75 Å². The molecule has 1 fully saturated rings. The standard InChI is InChI=1S/C23H22ClNOS2/c24-17-7-9-19-21(14-17)28-20-5-3-4-16-6-8-18(27-23(16)22(19)20)15-26-13-12-25-10-1-2-11-25/h3-9,14H,1-2,10-13,15H2. The van der Waals surface area contributed by atoms with Crippen molar-refractivity contribution in [3.63, 3.8) is 0 Å². The monoisotopic (exact) mass is 427 g/mol. The lowest BCUT2D eigenvalue weighted by Crippen LogP contribution is -2.24. The molecule has 1 saturated heterocycles. The summed E-state index contributed by atoms with van der Waals surface area (Å²) < 4.78 is 8.55. The second kappa shape index (κ2) is 8.21. The third-order valence-electron chi connectivity index (χ3n) is 5.37. The molecule has 3 heterocycles. The van der Waals surface area contributed by atoms with Crippen LogP contribution in [0.5, 0.6) is 0 Å². The Morgan fingerprint density at radius 1 is 1.11 bits per heavy atom. The summed E-state index contributed by atoms with van der Waals surface area (Å²) >= 11 is 9.89. The van der Waals surface area contributed by atoms with Gasteiger partial charge in [0.25, 0.3) is 0 Å². The molecule has 28 heavy (non-hydrogen) atoms. The third-order valence-corrected chi connectivity index (χ3v) is 7.88. The van der Waals surface area contributed by atoms with E-state index in [2.05, 4.69) is 47.4 Å². The zero-order valence-electron chi connectivity index (χ0n) is 15.6. The van der Waals surface area contributed by atoms with Gasteiger partial charge in [-0.05, 0) is 55.8 Å². The van der Waals surface area contributed by atoms with Gasteiger partial charge >= 0.3 is 0 Å². The van der Waals surface area contributed by atoms with Gasteiger partial charge in [0.2, 0.25) is 0 Å². The summed E-state index contributed by atoms with van der Waals surface area (Å²) in [4.78, 5) is 5.10. The Morgan fingerprint density at radius 3 is 2.89 bits per heavy atom. The van der Waals surface area contributed by atoms with E-state index in [1.807, 2.05) is 29.2 Å². The number of nitrogens with zero attached hydrogens (tertiary/aromatic N) is 1. The number of thioether (sulfide) groups is 1. The highest BCUT2D eigenvalue weighted by molar-refractivity contribution is 8.11. The van der Waals surface area contributed by atoms with Gasteiger partial charge in [-0.15, -0.1) is 11.3 Å². The van der Waals surface area contributed by atoms with Crippen LogP contribution in [-0.4, -0.2) is 37.7 Å². The van der Waals surface area contributed by atoms with E-state index in [4.69, 9.17) is 16.3 Å². The van der Waals surface area contributed by atoms with Crippen molar-refractivity contribution in [2.45, 2.75) is 12.8 Å². The van der Waals surface area contributed by atoms with Crippen molar-refractivity contribution < 1.29 is 4.74 Å². The predicted octanol–water partition coefficient (Wildman–Crippen LogP) is 4.68. The second-order valence-electron chi connectivity index (χ2n) is 7.30. The number of fused-ring (bicyclic) bond motifs is 4. The van der Waals surface area contributed by atoms with Gasteiger partial charge in [-0.1, -0.05) is 47.7 Å². The Hall–Kier alpha value is -1.30. The maximum absolute atomic E-state index is 6.22. The molecule has 0 atom stereocenters. The van der Waals surface area contributed by atoms with Crippen LogP contribution in [0.3, 0.4) is 0 Å². The van der Waals surface area contributed by atoms with Gasteiger partial charge in [-0.3, -0.25) is 0 Å². The number of hydrogen-bond acceptors (Lipinski definition) is 4. The molecule has 0 saturated carbocycles. The number of thiophene rings is 1. The van der Waals surface area contributed by atoms with Crippen LogP contribution in [-0.2, 0) is 4.74 Å². The molecule has 1 aromatic heterocycles. The van der Waals surface area contributed by atoms with Crippen molar-refractivity contribution in [1.82, 2.24) is 4.90 Å². The molecule has 2 aliphatic heterocycles. The van der Waals surface area contributed by atoms with E-state index in [1.54, 1.807) is 0 Å². The van der Waals surface area contributed by atoms with Gasteiger partial charge in [-0.2, -0.15) is 0 Å². The van der Waals surface area contributed by atoms with E-state index in [1.165, 1.54) is 61.2 Å². The Morgan fingerprint density at radius 2 is 2.00 bits per heavy atom. The second-order valence-corrected chi connectivity index (χ2v) is 9.95. The summed E-state index contributed by atoms with van der Waals surface area (Å²) in [6.07, 6.45) is 13.7. The quantitative estimate of drug-likeness (QED) is 0.642. The molecule has 5 heteroatoms. The normalized spacial score (nSPS) is 19.1. The Labute approximate surface area is 178 Å². The first kappa shape index (κ1) is 18.7. The topological polar surface area (TPSA) is 12.5 Å². The summed E-state index contributed by atoms with van der Waals surface area (Å²) in [5.41, 5.74) is 1.27. The molecule has 5 rings (SSSR count). The molecule has 2 aromatic rings. The molecule has 1 aliphatic carbocycles. The van der Waals surface area contributed by atoms with Gasteiger partial charge in [-0.25, -0.2) is 0 Å². The zero-order valence-corrected chi connectivity index (χ0v) is 18.0. The first-order valence-corrected chi connectivity index (χ1v) is 11.8. The molecule has 144 valence electrons. The molecule has 0 radical (unpaired) electrons. The molecule has 0 bridgehead atoms. The maximum Gasteiger partial charge on any atom is 0.0779 e. The summed E-state index contributed by atoms with van der Waals surface area (Å²) in [6.45, 7) is 5.00. The minimum atomic E-state index is 0.683. The van der Waals surface area contributed by atoms with Crippen molar-refractivity contribution >= 4 is 55.8 Å². The lowest BCUT2D eigenvalue weighted by molar-refractivity contribution is 0.132. The number of allylic oxidation sites excluding steroid dienone is 4. The summed E-state index contributed by atoms with van der Waals surface area (Å²) in [7, 11) is 0. The average Bonchev–Trinajstić information content (AvgIpc) is 3.29. The SMILES string of the molecule is Clc1ccc2c3c(sc2c1)=CC=CC1=CC=C(COCCN2CCCC2)SC=31. The summed E-state index contributed by atoms with van der Waals surface area (Å²) in [5.74, 6) is 0. The first-order valence-electron chi connectivity index (χ1n) is 9.78. The number of rotatable bonds is 5. The average molecular weight is 428 g/mol. The van der Waals surface area contributed by atoms with Gasteiger partial charge in [0.05, 0.1) is 13.2 Å². The highest BCUT2D eigenvalue weighted by Gasteiger charge is 2.17. The van der Waals surface area contributed by atoms with E-state index < -0.39 is 0 Å². The van der Waals surface area contributed by atoms with E-state index >= 15 is 0 Å². The van der Waals surface area contributed by atoms with E-state index in [-0.39, 0.29) is 0 Å². The fourth-order valence-electron chi connectivity index (χ4n) is 3.94. The zero-order chi connectivity index (χ0) is 18.9. The molecular weight excluding hydrogens is 406 g/mol. The Bertz CT molecular complexity index is 1120. The first-order chi connectivity index (χ1) is 13.8. The molecule has 0 N–H and O–H groups in total. The molecular formula is C23H22ClNOS2. The van der Waals surface area contributed by atoms with Crippen LogP contribution in [0.1, 0.15) is 12.8 Å². The molecule has 3 aliphatic rings. The Balaban J connectivity index is 1.41. The molecule has 1 aromatic carbocycles. The highest BCUT2D eigenvalue weighted by atomic mass is 35.5. The molecule has 0 amide bonds. The molecule has 0 spiro atoms. The molecule has 2 nitrogen and oxygen atoms in total. The minimum Gasteiger partial charge on any atom is -0.375 e. The number of likely N-dealkylation sites (tertiary alicyclic amines) is 1. The van der Waals surface area contributed by atoms with E-state index in [0.717, 1.165) is 18.2 Å². The van der Waals surface area contributed by atoms with Crippen molar-refractivity contribution in [2.24, 2.45) is 0 Å². The minimum absolute atomic E-state index is 0.683. The fraction of sp³-hybridized carbons (Fsp3) is 0.304. The van der Waals surface area contributed by atoms with Crippen LogP contribution in [0.4, 0.5) is 0 Å². The van der Waals surface area contributed by atoms with E-state index in [9.17, 15) is 0 Å². The summed E-state index contributed by atoms with van der Waals surface area (Å²) in [6, 6.07) is 6.22. The lowest BCUT2D eigenvalue weighted by atomic mass is 10.1. The van der Waals surface area contributed by atoms with Crippen LogP contribution in [0.2, 0.25) is 5.02 Å². The van der Waals surface area contributed by atoms with Gasteiger partial charge in [0, 0.05) is 41.2 Å². The third kappa shape index (κ3) is 3.77. The van der Waals surface area contributed by atoms with Crippen molar-refractivity contribution in [2.75, 3.05) is 32.8 Å².